The molecule has 1 aromatic rings. The summed E-state index contributed by atoms with van der Waals surface area (Å²) in [6, 6.07) is 9.72. The van der Waals surface area contributed by atoms with Gasteiger partial charge in [0, 0.05) is 24.3 Å². The van der Waals surface area contributed by atoms with Gasteiger partial charge in [0.25, 0.3) is 0 Å². The minimum absolute atomic E-state index is 0.128. The smallest absolute Gasteiger partial charge is 0.331 e. The molecule has 6 unspecified atom stereocenters. The van der Waals surface area contributed by atoms with Gasteiger partial charge < -0.3 is 9.47 Å². The van der Waals surface area contributed by atoms with Crippen molar-refractivity contribution in [1.29, 1.82) is 0 Å². The molecule has 156 valence electrons. The van der Waals surface area contributed by atoms with Crippen LogP contribution in [-0.2, 0) is 19.1 Å². The molecule has 2 heterocycles. The molecule has 3 fully saturated rings. The Morgan fingerprint density at radius 3 is 2.69 bits per heavy atom. The van der Waals surface area contributed by atoms with E-state index in [2.05, 4.69) is 20.8 Å². The lowest BCUT2D eigenvalue weighted by Crippen LogP contribution is -2.60. The highest BCUT2D eigenvalue weighted by Crippen LogP contribution is 2.60. The second-order valence-corrected chi connectivity index (χ2v) is 9.81. The van der Waals surface area contributed by atoms with Crippen molar-refractivity contribution in [2.45, 2.75) is 70.7 Å². The molecule has 1 aliphatic carbocycles. The third-order valence-corrected chi connectivity index (χ3v) is 7.27. The maximum absolute atomic E-state index is 13.1. The molecule has 2 aliphatic heterocycles. The molecule has 0 radical (unpaired) electrons. The summed E-state index contributed by atoms with van der Waals surface area (Å²) < 4.78 is 12.7. The Kier molecular flexibility index (Phi) is 5.18. The highest BCUT2D eigenvalue weighted by Gasteiger charge is 2.70. The number of benzene rings is 1. The van der Waals surface area contributed by atoms with E-state index < -0.39 is 11.2 Å². The van der Waals surface area contributed by atoms with Crippen molar-refractivity contribution < 1.29 is 19.1 Å². The Labute approximate surface area is 173 Å². The van der Waals surface area contributed by atoms with E-state index >= 15 is 0 Å². The Bertz CT molecular complexity index is 813. The monoisotopic (exact) mass is 396 g/mol. The largest absolute Gasteiger partial charge is 0.456 e. The molecule has 0 spiro atoms. The van der Waals surface area contributed by atoms with E-state index in [-0.39, 0.29) is 29.7 Å². The van der Waals surface area contributed by atoms with Gasteiger partial charge in [0.05, 0.1) is 0 Å². The Morgan fingerprint density at radius 2 is 2.00 bits per heavy atom. The molecule has 2 bridgehead atoms. The van der Waals surface area contributed by atoms with E-state index in [1.807, 2.05) is 37.3 Å². The predicted molar refractivity (Wildman–Crippen MR) is 112 cm³/mol. The summed E-state index contributed by atoms with van der Waals surface area (Å²) in [5.74, 6) is 0.889. The van der Waals surface area contributed by atoms with Gasteiger partial charge >= 0.3 is 5.97 Å². The Hall–Kier alpha value is -1.94. The minimum Gasteiger partial charge on any atom is -0.456 e. The molecule has 0 aromatic heterocycles. The number of ether oxygens (including phenoxy) is 2. The lowest BCUT2D eigenvalue weighted by Gasteiger charge is -2.51. The molecule has 1 saturated carbocycles. The summed E-state index contributed by atoms with van der Waals surface area (Å²) in [5.41, 5.74) is -0.472. The standard InChI is InChI=1S/C25H32O4/c1-16(2)14-25-15-20(26)24(4,29-25)19-12-10-17(3)22(19)23(25)28-21(27)13-11-18-8-6-5-7-9-18/h5-9,11,13,16-17,19,22-23H,10,12,14-15H2,1-4H3/b13-11+. The Morgan fingerprint density at radius 1 is 1.28 bits per heavy atom. The van der Waals surface area contributed by atoms with Gasteiger partial charge in [0.15, 0.2) is 5.78 Å². The summed E-state index contributed by atoms with van der Waals surface area (Å²) in [4.78, 5) is 25.9. The lowest BCUT2D eigenvalue weighted by molar-refractivity contribution is -0.246. The van der Waals surface area contributed by atoms with Crippen LogP contribution in [0.25, 0.3) is 6.08 Å². The van der Waals surface area contributed by atoms with Crippen molar-refractivity contribution in [3.05, 3.63) is 42.0 Å². The van der Waals surface area contributed by atoms with Crippen LogP contribution in [0.3, 0.4) is 0 Å². The van der Waals surface area contributed by atoms with Crippen LogP contribution in [0.1, 0.15) is 58.9 Å². The summed E-state index contributed by atoms with van der Waals surface area (Å²) in [6.45, 7) is 8.47. The number of carbonyl (C=O) groups excluding carboxylic acids is 2. The van der Waals surface area contributed by atoms with Crippen molar-refractivity contribution in [2.75, 3.05) is 0 Å². The van der Waals surface area contributed by atoms with Gasteiger partial charge in [0.1, 0.15) is 17.3 Å². The van der Waals surface area contributed by atoms with Crippen LogP contribution in [0.4, 0.5) is 0 Å². The average Bonchev–Trinajstić information content (AvgIpc) is 3.15. The van der Waals surface area contributed by atoms with Crippen molar-refractivity contribution in [2.24, 2.45) is 23.7 Å². The fourth-order valence-corrected chi connectivity index (χ4v) is 6.13. The van der Waals surface area contributed by atoms with Crippen molar-refractivity contribution in [3.8, 4) is 0 Å². The molecular formula is C25H32O4. The maximum Gasteiger partial charge on any atom is 0.331 e. The van der Waals surface area contributed by atoms with Crippen LogP contribution in [0.15, 0.2) is 36.4 Å². The minimum atomic E-state index is -0.729. The number of hydrogen-bond acceptors (Lipinski definition) is 4. The topological polar surface area (TPSA) is 52.6 Å². The molecule has 3 aliphatic rings. The third kappa shape index (κ3) is 3.46. The molecule has 4 rings (SSSR count). The van der Waals surface area contributed by atoms with Crippen LogP contribution in [0.5, 0.6) is 0 Å². The summed E-state index contributed by atoms with van der Waals surface area (Å²) in [7, 11) is 0. The van der Waals surface area contributed by atoms with Crippen molar-refractivity contribution in [3.63, 3.8) is 0 Å². The maximum atomic E-state index is 13.1. The van der Waals surface area contributed by atoms with Gasteiger partial charge in [-0.1, -0.05) is 51.1 Å². The molecule has 29 heavy (non-hydrogen) atoms. The highest BCUT2D eigenvalue weighted by molar-refractivity contribution is 5.91. The van der Waals surface area contributed by atoms with Crippen molar-refractivity contribution in [1.82, 2.24) is 0 Å². The third-order valence-electron chi connectivity index (χ3n) is 7.27. The van der Waals surface area contributed by atoms with Gasteiger partial charge in [-0.25, -0.2) is 4.79 Å². The van der Waals surface area contributed by atoms with Crippen LogP contribution in [0.2, 0.25) is 0 Å². The summed E-state index contributed by atoms with van der Waals surface area (Å²) in [6.07, 6.45) is 5.98. The summed E-state index contributed by atoms with van der Waals surface area (Å²) >= 11 is 0. The molecule has 4 nitrogen and oxygen atoms in total. The predicted octanol–water partition coefficient (Wildman–Crippen LogP) is 4.82. The molecule has 6 atom stereocenters. The van der Waals surface area contributed by atoms with Crippen LogP contribution in [-0.4, -0.2) is 29.1 Å². The van der Waals surface area contributed by atoms with E-state index in [1.54, 1.807) is 6.08 Å². The van der Waals surface area contributed by atoms with Crippen LogP contribution in [0, 0.1) is 23.7 Å². The number of carbonyl (C=O) groups is 2. The zero-order valence-electron chi connectivity index (χ0n) is 17.9. The normalized spacial score (nSPS) is 38.6. The molecular weight excluding hydrogens is 364 g/mol. The van der Waals surface area contributed by atoms with Gasteiger partial charge in [0.2, 0.25) is 0 Å². The zero-order valence-corrected chi connectivity index (χ0v) is 17.9. The second kappa shape index (κ2) is 7.39. The zero-order chi connectivity index (χ0) is 20.8. The number of Topliss-reactive ketones (excluding diaryl/α,β-unsaturated/α-hetero) is 1. The molecule has 0 N–H and O–H groups in total. The van der Waals surface area contributed by atoms with E-state index in [4.69, 9.17) is 9.47 Å². The molecule has 0 amide bonds. The first kappa shape index (κ1) is 20.3. The van der Waals surface area contributed by atoms with Gasteiger partial charge in [-0.3, -0.25) is 4.79 Å². The molecule has 1 aromatic carbocycles. The quantitative estimate of drug-likeness (QED) is 0.529. The number of hydrogen-bond donors (Lipinski definition) is 0. The van der Waals surface area contributed by atoms with E-state index in [1.165, 1.54) is 6.08 Å². The fraction of sp³-hybridized carbons (Fsp3) is 0.600. The van der Waals surface area contributed by atoms with E-state index in [0.717, 1.165) is 24.8 Å². The number of ketones is 1. The van der Waals surface area contributed by atoms with Gasteiger partial charge in [-0.15, -0.1) is 0 Å². The number of rotatable bonds is 5. The Balaban J connectivity index is 1.64. The number of fused-ring (bicyclic) bond motifs is 4. The van der Waals surface area contributed by atoms with Crippen LogP contribution >= 0.6 is 0 Å². The van der Waals surface area contributed by atoms with Gasteiger partial charge in [-0.05, 0) is 49.7 Å². The first-order valence-corrected chi connectivity index (χ1v) is 10.9. The first-order chi connectivity index (χ1) is 13.7. The SMILES string of the molecule is CC(C)CC12CC(=O)C(C)(O1)C1CCC(C)C1C2OC(=O)/C=C/c1ccccc1. The summed E-state index contributed by atoms with van der Waals surface area (Å²) in [5, 5.41) is 0. The fourth-order valence-electron chi connectivity index (χ4n) is 6.13. The van der Waals surface area contributed by atoms with E-state index in [0.29, 0.717) is 18.3 Å². The highest BCUT2D eigenvalue weighted by atomic mass is 16.6. The average molecular weight is 397 g/mol. The number of esters is 1. The van der Waals surface area contributed by atoms with Crippen molar-refractivity contribution >= 4 is 17.8 Å². The molecule has 2 saturated heterocycles. The molecule has 4 heteroatoms. The first-order valence-electron chi connectivity index (χ1n) is 10.9. The van der Waals surface area contributed by atoms with Crippen LogP contribution < -0.4 is 0 Å². The lowest BCUT2D eigenvalue weighted by atomic mass is 9.70. The van der Waals surface area contributed by atoms with Gasteiger partial charge in [-0.2, -0.15) is 0 Å². The second-order valence-electron chi connectivity index (χ2n) is 9.81. The van der Waals surface area contributed by atoms with E-state index in [9.17, 15) is 9.59 Å².